The normalized spacial score (nSPS) is 18.3. The standard InChI is InChI=1S/C22H33F3N2O/c1-4-5-6-7-8-9-10-11-17-12-14-18(15-13-17)20(22(23,24)25)27-21(2,3)16-19(28)26-27/h12-15,20H,4-11,16H2,1-3H3,(H,26,28)/t20-/m0/s1. The van der Waals surface area contributed by atoms with E-state index in [9.17, 15) is 18.0 Å². The third kappa shape index (κ3) is 6.23. The number of hydrazine groups is 1. The third-order valence-corrected chi connectivity index (χ3v) is 5.42. The van der Waals surface area contributed by atoms with E-state index in [1.807, 2.05) is 0 Å². The van der Waals surface area contributed by atoms with Crippen LogP contribution in [-0.4, -0.2) is 22.6 Å². The molecule has 1 atom stereocenters. The molecule has 1 saturated heterocycles. The summed E-state index contributed by atoms with van der Waals surface area (Å²) in [4.78, 5) is 11.7. The first kappa shape index (κ1) is 22.7. The Kier molecular flexibility index (Phi) is 7.93. The van der Waals surface area contributed by atoms with E-state index in [4.69, 9.17) is 0 Å². The Morgan fingerprint density at radius 2 is 1.61 bits per heavy atom. The Morgan fingerprint density at radius 1 is 1.04 bits per heavy atom. The van der Waals surface area contributed by atoms with Gasteiger partial charge in [0.25, 0.3) is 0 Å². The molecule has 0 aromatic heterocycles. The summed E-state index contributed by atoms with van der Waals surface area (Å²) in [5.41, 5.74) is 2.72. The second kappa shape index (κ2) is 9.77. The lowest BCUT2D eigenvalue weighted by atomic mass is 9.96. The molecule has 0 saturated carbocycles. The maximum Gasteiger partial charge on any atom is 0.409 e. The Bertz CT molecular complexity index is 626. The Hall–Kier alpha value is -1.56. The van der Waals surface area contributed by atoms with E-state index >= 15 is 0 Å². The molecule has 1 fully saturated rings. The summed E-state index contributed by atoms with van der Waals surface area (Å²) in [7, 11) is 0. The Balaban J connectivity index is 1.98. The largest absolute Gasteiger partial charge is 0.409 e. The van der Waals surface area contributed by atoms with E-state index < -0.39 is 17.8 Å². The number of carbonyl (C=O) groups excluding carboxylic acids is 1. The molecule has 158 valence electrons. The van der Waals surface area contributed by atoms with Gasteiger partial charge in [-0.2, -0.15) is 18.2 Å². The SMILES string of the molecule is CCCCCCCCCc1ccc([C@H](N2NC(=O)CC2(C)C)C(F)(F)F)cc1. The first-order chi connectivity index (χ1) is 13.1. The van der Waals surface area contributed by atoms with E-state index in [0.29, 0.717) is 0 Å². The average Bonchev–Trinajstić information content (AvgIpc) is 2.86. The van der Waals surface area contributed by atoms with Gasteiger partial charge in [-0.25, -0.2) is 0 Å². The summed E-state index contributed by atoms with van der Waals surface area (Å²) in [5.74, 6) is -0.380. The highest BCUT2D eigenvalue weighted by molar-refractivity contribution is 5.79. The van der Waals surface area contributed by atoms with Gasteiger partial charge in [0, 0.05) is 12.0 Å². The number of nitrogens with zero attached hydrogens (tertiary/aromatic N) is 1. The van der Waals surface area contributed by atoms with Gasteiger partial charge in [-0.05, 0) is 37.8 Å². The van der Waals surface area contributed by atoms with Crippen LogP contribution in [0.5, 0.6) is 0 Å². The molecule has 0 unspecified atom stereocenters. The minimum absolute atomic E-state index is 0.0515. The van der Waals surface area contributed by atoms with Crippen LogP contribution in [-0.2, 0) is 11.2 Å². The average molecular weight is 399 g/mol. The zero-order valence-corrected chi connectivity index (χ0v) is 17.2. The molecule has 0 bridgehead atoms. The highest BCUT2D eigenvalue weighted by atomic mass is 19.4. The lowest BCUT2D eigenvalue weighted by molar-refractivity contribution is -0.203. The van der Waals surface area contributed by atoms with Crippen LogP contribution in [0.15, 0.2) is 24.3 Å². The molecule has 1 aliphatic rings. The molecule has 1 N–H and O–H groups in total. The van der Waals surface area contributed by atoms with Crippen LogP contribution >= 0.6 is 0 Å². The van der Waals surface area contributed by atoms with Gasteiger partial charge in [0.05, 0.1) is 0 Å². The second-order valence-corrected chi connectivity index (χ2v) is 8.45. The fourth-order valence-corrected chi connectivity index (χ4v) is 3.85. The van der Waals surface area contributed by atoms with Crippen LogP contribution in [0, 0.1) is 0 Å². The van der Waals surface area contributed by atoms with Crippen molar-refractivity contribution in [3.05, 3.63) is 35.4 Å². The van der Waals surface area contributed by atoms with Crippen LogP contribution in [0.25, 0.3) is 0 Å². The molecule has 1 heterocycles. The fraction of sp³-hybridized carbons (Fsp3) is 0.682. The number of benzene rings is 1. The predicted octanol–water partition coefficient (Wildman–Crippen LogP) is 6.10. The van der Waals surface area contributed by atoms with Crippen molar-refractivity contribution in [1.29, 1.82) is 0 Å². The molecule has 1 amide bonds. The van der Waals surface area contributed by atoms with Crippen LogP contribution in [0.1, 0.15) is 89.3 Å². The molecule has 1 aliphatic heterocycles. The lowest BCUT2D eigenvalue weighted by Gasteiger charge is -2.38. The molecule has 6 heteroatoms. The van der Waals surface area contributed by atoms with Gasteiger partial charge < -0.3 is 0 Å². The first-order valence-electron chi connectivity index (χ1n) is 10.4. The monoisotopic (exact) mass is 398 g/mol. The number of rotatable bonds is 10. The van der Waals surface area contributed by atoms with E-state index in [1.165, 1.54) is 32.1 Å². The highest BCUT2D eigenvalue weighted by Gasteiger charge is 2.52. The fourth-order valence-electron chi connectivity index (χ4n) is 3.85. The number of halogens is 3. The van der Waals surface area contributed by atoms with E-state index in [0.717, 1.165) is 29.8 Å². The highest BCUT2D eigenvalue weighted by Crippen LogP contribution is 2.42. The van der Waals surface area contributed by atoms with Gasteiger partial charge in [0.1, 0.15) is 0 Å². The van der Waals surface area contributed by atoms with Crippen LogP contribution < -0.4 is 5.43 Å². The van der Waals surface area contributed by atoms with Gasteiger partial charge in [-0.1, -0.05) is 69.7 Å². The van der Waals surface area contributed by atoms with E-state index in [-0.39, 0.29) is 17.9 Å². The molecule has 0 spiro atoms. The number of amides is 1. The third-order valence-electron chi connectivity index (χ3n) is 5.42. The van der Waals surface area contributed by atoms with Crippen LogP contribution in [0.2, 0.25) is 0 Å². The van der Waals surface area contributed by atoms with Gasteiger partial charge in [0.15, 0.2) is 6.04 Å². The van der Waals surface area contributed by atoms with Crippen molar-refractivity contribution < 1.29 is 18.0 Å². The maximum absolute atomic E-state index is 13.8. The lowest BCUT2D eigenvalue weighted by Crippen LogP contribution is -2.51. The van der Waals surface area contributed by atoms with Gasteiger partial charge in [0.2, 0.25) is 5.91 Å². The number of hydrogen-bond donors (Lipinski definition) is 1. The summed E-state index contributed by atoms with van der Waals surface area (Å²) >= 11 is 0. The number of nitrogens with one attached hydrogen (secondary N) is 1. The number of hydrogen-bond acceptors (Lipinski definition) is 2. The Morgan fingerprint density at radius 3 is 2.11 bits per heavy atom. The van der Waals surface area contributed by atoms with Crippen molar-refractivity contribution in [3.63, 3.8) is 0 Å². The molecule has 28 heavy (non-hydrogen) atoms. The predicted molar refractivity (Wildman–Crippen MR) is 106 cm³/mol. The van der Waals surface area contributed by atoms with E-state index in [1.54, 1.807) is 38.1 Å². The summed E-state index contributed by atoms with van der Waals surface area (Å²) in [6.45, 7) is 5.50. The zero-order chi connectivity index (χ0) is 20.8. The smallest absolute Gasteiger partial charge is 0.287 e. The van der Waals surface area contributed by atoms with E-state index in [2.05, 4.69) is 12.3 Å². The number of aryl methyl sites for hydroxylation is 1. The van der Waals surface area contributed by atoms with Crippen molar-refractivity contribution in [2.24, 2.45) is 0 Å². The van der Waals surface area contributed by atoms with Crippen molar-refractivity contribution in [2.45, 2.75) is 96.3 Å². The summed E-state index contributed by atoms with van der Waals surface area (Å²) in [6, 6.07) is 4.83. The van der Waals surface area contributed by atoms with Crippen LogP contribution in [0.4, 0.5) is 13.2 Å². The minimum Gasteiger partial charge on any atom is -0.287 e. The maximum atomic E-state index is 13.8. The van der Waals surface area contributed by atoms with Crippen molar-refractivity contribution in [1.82, 2.24) is 10.4 Å². The summed E-state index contributed by atoms with van der Waals surface area (Å²) in [6.07, 6.45) is 4.97. The van der Waals surface area contributed by atoms with Crippen molar-refractivity contribution in [2.75, 3.05) is 0 Å². The molecule has 0 aliphatic carbocycles. The Labute approximate surface area is 166 Å². The molecule has 1 aromatic rings. The molecule has 3 nitrogen and oxygen atoms in total. The number of carbonyl (C=O) groups is 1. The molecule has 2 rings (SSSR count). The zero-order valence-electron chi connectivity index (χ0n) is 17.2. The molecular formula is C22H33F3N2O. The molecule has 0 radical (unpaired) electrons. The van der Waals surface area contributed by atoms with Gasteiger partial charge >= 0.3 is 6.18 Å². The van der Waals surface area contributed by atoms with Crippen molar-refractivity contribution >= 4 is 5.91 Å². The summed E-state index contributed by atoms with van der Waals surface area (Å²) < 4.78 is 41.4. The number of unbranched alkanes of at least 4 members (excludes halogenated alkanes) is 6. The minimum atomic E-state index is -4.48. The number of alkyl halides is 3. The van der Waals surface area contributed by atoms with Crippen LogP contribution in [0.3, 0.4) is 0 Å². The van der Waals surface area contributed by atoms with Crippen molar-refractivity contribution in [3.8, 4) is 0 Å². The molecular weight excluding hydrogens is 365 g/mol. The van der Waals surface area contributed by atoms with Gasteiger partial charge in [-0.3, -0.25) is 10.2 Å². The summed E-state index contributed by atoms with van der Waals surface area (Å²) in [5, 5.41) is 1.06. The molecule has 1 aromatic carbocycles. The second-order valence-electron chi connectivity index (χ2n) is 8.45. The first-order valence-corrected chi connectivity index (χ1v) is 10.4. The topological polar surface area (TPSA) is 32.3 Å². The van der Waals surface area contributed by atoms with Gasteiger partial charge in [-0.15, -0.1) is 0 Å². The quantitative estimate of drug-likeness (QED) is 0.483.